The lowest BCUT2D eigenvalue weighted by Crippen LogP contribution is -2.40. The molecule has 116 valence electrons. The quantitative estimate of drug-likeness (QED) is 0.944. The first-order chi connectivity index (χ1) is 10.6. The third-order valence-electron chi connectivity index (χ3n) is 3.98. The van der Waals surface area contributed by atoms with Gasteiger partial charge in [-0.25, -0.2) is 14.4 Å². The molecule has 4 nitrogen and oxygen atoms in total. The molecule has 2 aromatic rings. The normalized spacial score (nSPS) is 15.9. The Hall–Kier alpha value is -2.17. The second-order valence-electron chi connectivity index (χ2n) is 5.84. The summed E-state index contributed by atoms with van der Waals surface area (Å²) in [6, 6.07) is 9.11. The fraction of sp³-hybridized carbons (Fsp3) is 0.412. The highest BCUT2D eigenvalue weighted by Gasteiger charge is 2.21. The highest BCUT2D eigenvalue weighted by atomic mass is 19.1. The number of para-hydroxylation sites is 1. The monoisotopic (exact) mass is 300 g/mol. The largest absolute Gasteiger partial charge is 0.380 e. The Morgan fingerprint density at radius 2 is 1.73 bits per heavy atom. The number of rotatable bonds is 3. The average Bonchev–Trinajstić information content (AvgIpc) is 2.49. The highest BCUT2D eigenvalue weighted by molar-refractivity contribution is 5.45. The number of aryl methyl sites for hydroxylation is 2. The van der Waals surface area contributed by atoms with Crippen LogP contribution in [-0.2, 0) is 0 Å². The molecule has 0 amide bonds. The van der Waals surface area contributed by atoms with Crippen molar-refractivity contribution in [3.05, 3.63) is 47.5 Å². The van der Waals surface area contributed by atoms with Gasteiger partial charge in [0.2, 0.25) is 5.95 Å². The minimum absolute atomic E-state index is 0.192. The zero-order chi connectivity index (χ0) is 15.5. The minimum atomic E-state index is -0.192. The predicted octanol–water partition coefficient (Wildman–Crippen LogP) is 3.31. The van der Waals surface area contributed by atoms with E-state index in [-0.39, 0.29) is 5.82 Å². The topological polar surface area (TPSA) is 41.1 Å². The molecule has 1 aromatic heterocycles. The summed E-state index contributed by atoms with van der Waals surface area (Å²) in [4.78, 5) is 11.2. The Morgan fingerprint density at radius 1 is 1.09 bits per heavy atom. The van der Waals surface area contributed by atoms with Crippen LogP contribution < -0.4 is 10.2 Å². The van der Waals surface area contributed by atoms with E-state index in [0.717, 1.165) is 43.3 Å². The fourth-order valence-electron chi connectivity index (χ4n) is 2.87. The first-order valence-electron chi connectivity index (χ1n) is 7.70. The van der Waals surface area contributed by atoms with Crippen molar-refractivity contribution in [2.45, 2.75) is 32.7 Å². The highest BCUT2D eigenvalue weighted by Crippen LogP contribution is 2.21. The molecule has 0 spiro atoms. The molecule has 1 saturated heterocycles. The summed E-state index contributed by atoms with van der Waals surface area (Å²) in [5.41, 5.74) is 2.58. The van der Waals surface area contributed by atoms with Gasteiger partial charge in [-0.1, -0.05) is 12.1 Å². The fourth-order valence-corrected chi connectivity index (χ4v) is 2.87. The van der Waals surface area contributed by atoms with Crippen molar-refractivity contribution in [2.75, 3.05) is 23.3 Å². The number of benzene rings is 1. The van der Waals surface area contributed by atoms with Crippen LogP contribution in [0.3, 0.4) is 0 Å². The van der Waals surface area contributed by atoms with Crippen LogP contribution in [0.2, 0.25) is 0 Å². The predicted molar refractivity (Wildman–Crippen MR) is 86.8 cm³/mol. The van der Waals surface area contributed by atoms with Gasteiger partial charge in [0.05, 0.1) is 5.69 Å². The molecule has 0 radical (unpaired) electrons. The van der Waals surface area contributed by atoms with E-state index in [1.54, 1.807) is 12.1 Å². The Morgan fingerprint density at radius 3 is 2.36 bits per heavy atom. The van der Waals surface area contributed by atoms with Gasteiger partial charge < -0.3 is 10.2 Å². The molecular formula is C17H21FN4. The van der Waals surface area contributed by atoms with Gasteiger partial charge in [-0.3, -0.25) is 0 Å². The summed E-state index contributed by atoms with van der Waals surface area (Å²) >= 11 is 0. The molecule has 3 rings (SSSR count). The van der Waals surface area contributed by atoms with Crippen molar-refractivity contribution >= 4 is 11.6 Å². The van der Waals surface area contributed by atoms with Gasteiger partial charge in [-0.2, -0.15) is 0 Å². The molecule has 0 atom stereocenters. The number of nitrogens with one attached hydrogen (secondary N) is 1. The van der Waals surface area contributed by atoms with Crippen LogP contribution >= 0.6 is 0 Å². The average molecular weight is 300 g/mol. The summed E-state index contributed by atoms with van der Waals surface area (Å²) in [7, 11) is 0. The van der Waals surface area contributed by atoms with Crippen molar-refractivity contribution < 1.29 is 4.39 Å². The maximum absolute atomic E-state index is 13.7. The Kier molecular flexibility index (Phi) is 4.22. The van der Waals surface area contributed by atoms with Gasteiger partial charge in [-0.15, -0.1) is 0 Å². The molecule has 1 aromatic carbocycles. The van der Waals surface area contributed by atoms with Gasteiger partial charge in [0.1, 0.15) is 5.82 Å². The molecule has 0 bridgehead atoms. The standard InChI is InChI=1S/C17H21FN4/c1-12-11-13(2)20-17(19-12)22-9-7-14(8-10-22)21-16-6-4-3-5-15(16)18/h3-6,11,14,21H,7-10H2,1-2H3. The van der Waals surface area contributed by atoms with Crippen molar-refractivity contribution in [2.24, 2.45) is 0 Å². The van der Waals surface area contributed by atoms with Gasteiger partial charge >= 0.3 is 0 Å². The van der Waals surface area contributed by atoms with E-state index in [9.17, 15) is 4.39 Å². The number of halogens is 1. The summed E-state index contributed by atoms with van der Waals surface area (Å²) in [5, 5.41) is 3.30. The Labute approximate surface area is 130 Å². The van der Waals surface area contributed by atoms with E-state index in [1.165, 1.54) is 6.07 Å². The van der Waals surface area contributed by atoms with Crippen molar-refractivity contribution in [1.82, 2.24) is 9.97 Å². The van der Waals surface area contributed by atoms with E-state index < -0.39 is 0 Å². The van der Waals surface area contributed by atoms with Crippen LogP contribution in [0.4, 0.5) is 16.0 Å². The SMILES string of the molecule is Cc1cc(C)nc(N2CCC(Nc3ccccc3F)CC2)n1. The Balaban J connectivity index is 1.62. The van der Waals surface area contributed by atoms with E-state index >= 15 is 0 Å². The molecule has 1 N–H and O–H groups in total. The summed E-state index contributed by atoms with van der Waals surface area (Å²) < 4.78 is 13.7. The summed E-state index contributed by atoms with van der Waals surface area (Å²) in [5.74, 6) is 0.615. The van der Waals surface area contributed by atoms with Crippen LogP contribution in [0, 0.1) is 19.7 Å². The third kappa shape index (κ3) is 3.35. The van der Waals surface area contributed by atoms with Crippen molar-refractivity contribution in [1.29, 1.82) is 0 Å². The molecule has 1 fully saturated rings. The smallest absolute Gasteiger partial charge is 0.225 e. The number of nitrogens with zero attached hydrogens (tertiary/aromatic N) is 3. The van der Waals surface area contributed by atoms with Crippen LogP contribution in [0.25, 0.3) is 0 Å². The molecule has 0 unspecified atom stereocenters. The van der Waals surface area contributed by atoms with E-state index in [0.29, 0.717) is 11.7 Å². The number of aromatic nitrogens is 2. The number of anilines is 2. The number of hydrogen-bond acceptors (Lipinski definition) is 4. The first kappa shape index (κ1) is 14.8. The molecule has 0 saturated carbocycles. The second-order valence-corrected chi connectivity index (χ2v) is 5.84. The lowest BCUT2D eigenvalue weighted by atomic mass is 10.0. The summed E-state index contributed by atoms with van der Waals surface area (Å²) in [6.07, 6.45) is 1.90. The second kappa shape index (κ2) is 6.30. The van der Waals surface area contributed by atoms with Crippen LogP contribution in [0.1, 0.15) is 24.2 Å². The number of piperidine rings is 1. The first-order valence-corrected chi connectivity index (χ1v) is 7.70. The molecule has 0 aliphatic carbocycles. The molecule has 1 aliphatic rings. The number of hydrogen-bond donors (Lipinski definition) is 1. The van der Waals surface area contributed by atoms with Gasteiger partial charge in [0.15, 0.2) is 0 Å². The molecule has 2 heterocycles. The van der Waals surface area contributed by atoms with Gasteiger partial charge in [0, 0.05) is 30.5 Å². The summed E-state index contributed by atoms with van der Waals surface area (Å²) in [6.45, 7) is 5.75. The van der Waals surface area contributed by atoms with Crippen LogP contribution in [0.5, 0.6) is 0 Å². The molecule has 1 aliphatic heterocycles. The van der Waals surface area contributed by atoms with Crippen molar-refractivity contribution in [3.63, 3.8) is 0 Å². The van der Waals surface area contributed by atoms with Crippen LogP contribution in [-0.4, -0.2) is 29.1 Å². The van der Waals surface area contributed by atoms with E-state index in [2.05, 4.69) is 20.2 Å². The molecule has 22 heavy (non-hydrogen) atoms. The maximum Gasteiger partial charge on any atom is 0.225 e. The maximum atomic E-state index is 13.7. The van der Waals surface area contributed by atoms with Crippen LogP contribution in [0.15, 0.2) is 30.3 Å². The third-order valence-corrected chi connectivity index (χ3v) is 3.98. The lowest BCUT2D eigenvalue weighted by molar-refractivity contribution is 0.515. The Bertz CT molecular complexity index is 631. The molecule has 5 heteroatoms. The molecular weight excluding hydrogens is 279 g/mol. The minimum Gasteiger partial charge on any atom is -0.380 e. The zero-order valence-electron chi connectivity index (χ0n) is 13.0. The van der Waals surface area contributed by atoms with Crippen molar-refractivity contribution in [3.8, 4) is 0 Å². The lowest BCUT2D eigenvalue weighted by Gasteiger charge is -2.33. The van der Waals surface area contributed by atoms with E-state index in [1.807, 2.05) is 26.0 Å². The zero-order valence-corrected chi connectivity index (χ0v) is 13.0. The van der Waals surface area contributed by atoms with E-state index in [4.69, 9.17) is 0 Å². The van der Waals surface area contributed by atoms with Gasteiger partial charge in [-0.05, 0) is 44.9 Å². The van der Waals surface area contributed by atoms with Gasteiger partial charge in [0.25, 0.3) is 0 Å².